The van der Waals surface area contributed by atoms with Gasteiger partial charge in [-0.05, 0) is 83.4 Å². The molecule has 0 spiro atoms. The van der Waals surface area contributed by atoms with E-state index < -0.39 is 0 Å². The van der Waals surface area contributed by atoms with E-state index in [0.29, 0.717) is 0 Å². The van der Waals surface area contributed by atoms with Gasteiger partial charge in [0, 0.05) is 11.9 Å². The van der Waals surface area contributed by atoms with Crippen LogP contribution in [0, 0.1) is 0 Å². The molecule has 0 atom stereocenters. The van der Waals surface area contributed by atoms with Crippen LogP contribution in [0.4, 0.5) is 5.82 Å². The molecule has 4 rings (SSSR count). The molecular formula is C21H31N5. The summed E-state index contributed by atoms with van der Waals surface area (Å²) < 4.78 is 0. The molecule has 0 aliphatic carbocycles. The molecule has 2 aliphatic heterocycles. The van der Waals surface area contributed by atoms with Gasteiger partial charge in [-0.2, -0.15) is 0 Å². The van der Waals surface area contributed by atoms with E-state index in [1.165, 1.54) is 71.2 Å². The molecule has 5 heteroatoms. The summed E-state index contributed by atoms with van der Waals surface area (Å²) in [6.07, 6.45) is 7.81. The van der Waals surface area contributed by atoms with Gasteiger partial charge in [0.1, 0.15) is 11.6 Å². The summed E-state index contributed by atoms with van der Waals surface area (Å²) in [6.45, 7) is 8.04. The van der Waals surface area contributed by atoms with E-state index in [0.717, 1.165) is 35.6 Å². The third kappa shape index (κ3) is 4.51. The maximum absolute atomic E-state index is 4.87. The van der Waals surface area contributed by atoms with E-state index in [1.807, 2.05) is 0 Å². The lowest BCUT2D eigenvalue weighted by molar-refractivity contribution is 0.323. The highest BCUT2D eigenvalue weighted by atomic mass is 15.2. The molecule has 0 amide bonds. The molecule has 140 valence electrons. The van der Waals surface area contributed by atoms with Crippen LogP contribution in [0.5, 0.6) is 0 Å². The summed E-state index contributed by atoms with van der Waals surface area (Å²) in [5.41, 5.74) is 1.05. The van der Waals surface area contributed by atoms with Crippen molar-refractivity contribution in [3.8, 4) is 0 Å². The Balaban J connectivity index is 1.37. The first-order valence-corrected chi connectivity index (χ1v) is 10.3. The van der Waals surface area contributed by atoms with E-state index in [2.05, 4.69) is 39.4 Å². The largest absolute Gasteiger partial charge is 0.369 e. The van der Waals surface area contributed by atoms with Crippen molar-refractivity contribution in [3.05, 3.63) is 30.1 Å². The Morgan fingerprint density at radius 3 is 2.38 bits per heavy atom. The van der Waals surface area contributed by atoms with Crippen LogP contribution in [0.1, 0.15) is 44.3 Å². The molecule has 2 aliphatic rings. The topological polar surface area (TPSA) is 44.3 Å². The maximum atomic E-state index is 4.87. The molecule has 2 saturated heterocycles. The Hall–Kier alpha value is -1.72. The molecular weight excluding hydrogens is 322 g/mol. The summed E-state index contributed by atoms with van der Waals surface area (Å²) in [5.74, 6) is 1.95. The number of hydrogen-bond acceptors (Lipinski definition) is 5. The van der Waals surface area contributed by atoms with E-state index in [9.17, 15) is 0 Å². The maximum Gasteiger partial charge on any atom is 0.145 e. The first-order valence-electron chi connectivity index (χ1n) is 10.3. The molecule has 3 heterocycles. The first-order chi connectivity index (χ1) is 12.9. The predicted molar refractivity (Wildman–Crippen MR) is 107 cm³/mol. The number of para-hydroxylation sites is 1. The van der Waals surface area contributed by atoms with Crippen molar-refractivity contribution in [2.45, 2.75) is 45.1 Å². The summed E-state index contributed by atoms with van der Waals surface area (Å²) in [7, 11) is 0. The van der Waals surface area contributed by atoms with E-state index in [4.69, 9.17) is 9.97 Å². The van der Waals surface area contributed by atoms with Crippen LogP contribution in [-0.2, 0) is 6.54 Å². The fourth-order valence-corrected chi connectivity index (χ4v) is 4.14. The fourth-order valence-electron chi connectivity index (χ4n) is 4.14. The Morgan fingerprint density at radius 1 is 0.846 bits per heavy atom. The van der Waals surface area contributed by atoms with Gasteiger partial charge in [-0.3, -0.25) is 4.90 Å². The minimum absolute atomic E-state index is 0.870. The first kappa shape index (κ1) is 17.7. The van der Waals surface area contributed by atoms with Gasteiger partial charge in [-0.25, -0.2) is 9.97 Å². The lowest BCUT2D eigenvalue weighted by Gasteiger charge is -2.16. The normalized spacial score (nSPS) is 18.8. The van der Waals surface area contributed by atoms with Gasteiger partial charge in [-0.1, -0.05) is 12.1 Å². The SMILES string of the molecule is c1ccc2c(NCCCCN3CCCC3)nc(CN3CCCC3)nc2c1. The molecule has 26 heavy (non-hydrogen) atoms. The van der Waals surface area contributed by atoms with Crippen LogP contribution in [0.2, 0.25) is 0 Å². The highest BCUT2D eigenvalue weighted by Crippen LogP contribution is 2.21. The minimum Gasteiger partial charge on any atom is -0.369 e. The fraction of sp³-hybridized carbons (Fsp3) is 0.619. The number of anilines is 1. The van der Waals surface area contributed by atoms with Gasteiger partial charge in [0.05, 0.1) is 12.1 Å². The third-order valence-corrected chi connectivity index (χ3v) is 5.61. The van der Waals surface area contributed by atoms with Crippen molar-refractivity contribution in [1.29, 1.82) is 0 Å². The van der Waals surface area contributed by atoms with E-state index in [1.54, 1.807) is 0 Å². The number of fused-ring (bicyclic) bond motifs is 1. The number of benzene rings is 1. The molecule has 1 aromatic heterocycles. The van der Waals surface area contributed by atoms with Gasteiger partial charge >= 0.3 is 0 Å². The Bertz CT molecular complexity index is 705. The quantitative estimate of drug-likeness (QED) is 0.736. The molecule has 0 unspecified atom stereocenters. The van der Waals surface area contributed by atoms with Gasteiger partial charge in [0.25, 0.3) is 0 Å². The Morgan fingerprint density at radius 2 is 1.58 bits per heavy atom. The van der Waals surface area contributed by atoms with Gasteiger partial charge in [0.2, 0.25) is 0 Å². The highest BCUT2D eigenvalue weighted by molar-refractivity contribution is 5.88. The second-order valence-corrected chi connectivity index (χ2v) is 7.67. The smallest absolute Gasteiger partial charge is 0.145 e. The van der Waals surface area contributed by atoms with E-state index >= 15 is 0 Å². The van der Waals surface area contributed by atoms with Crippen molar-refractivity contribution in [2.24, 2.45) is 0 Å². The monoisotopic (exact) mass is 353 g/mol. The second kappa shape index (κ2) is 8.78. The van der Waals surface area contributed by atoms with Crippen LogP contribution in [0.3, 0.4) is 0 Å². The van der Waals surface area contributed by atoms with Crippen molar-refractivity contribution in [1.82, 2.24) is 19.8 Å². The van der Waals surface area contributed by atoms with Crippen molar-refractivity contribution in [3.63, 3.8) is 0 Å². The summed E-state index contributed by atoms with van der Waals surface area (Å²) in [6, 6.07) is 8.36. The van der Waals surface area contributed by atoms with Gasteiger partial charge in [0.15, 0.2) is 0 Å². The number of hydrogen-bond donors (Lipinski definition) is 1. The lowest BCUT2D eigenvalue weighted by atomic mass is 10.2. The van der Waals surface area contributed by atoms with Crippen LogP contribution in [0.25, 0.3) is 10.9 Å². The lowest BCUT2D eigenvalue weighted by Crippen LogP contribution is -2.21. The molecule has 0 bridgehead atoms. The molecule has 5 nitrogen and oxygen atoms in total. The molecule has 0 saturated carbocycles. The zero-order valence-electron chi connectivity index (χ0n) is 15.8. The molecule has 2 fully saturated rings. The average molecular weight is 354 g/mol. The van der Waals surface area contributed by atoms with Crippen LogP contribution in [-0.4, -0.2) is 59.0 Å². The van der Waals surface area contributed by atoms with Crippen LogP contribution in [0.15, 0.2) is 24.3 Å². The molecule has 2 aromatic rings. The predicted octanol–water partition coefficient (Wildman–Crippen LogP) is 3.51. The Labute approximate surface area is 156 Å². The number of nitrogens with one attached hydrogen (secondary N) is 1. The number of unbranched alkanes of at least 4 members (excludes halogenated alkanes) is 1. The van der Waals surface area contributed by atoms with E-state index in [-0.39, 0.29) is 0 Å². The number of nitrogens with zero attached hydrogens (tertiary/aromatic N) is 4. The Kier molecular flexibility index (Phi) is 5.97. The van der Waals surface area contributed by atoms with Crippen LogP contribution >= 0.6 is 0 Å². The van der Waals surface area contributed by atoms with Crippen molar-refractivity contribution < 1.29 is 0 Å². The van der Waals surface area contributed by atoms with Crippen LogP contribution < -0.4 is 5.32 Å². The third-order valence-electron chi connectivity index (χ3n) is 5.61. The zero-order chi connectivity index (χ0) is 17.6. The minimum atomic E-state index is 0.870. The average Bonchev–Trinajstić information content (AvgIpc) is 3.35. The zero-order valence-corrected chi connectivity index (χ0v) is 15.8. The standard InChI is InChI=1S/C21H31N5/c1-2-10-19-18(9-1)21(22-11-3-4-12-25-13-5-6-14-25)24-20(23-19)17-26-15-7-8-16-26/h1-2,9-10H,3-8,11-17H2,(H,22,23,24). The summed E-state index contributed by atoms with van der Waals surface area (Å²) >= 11 is 0. The number of aromatic nitrogens is 2. The second-order valence-electron chi connectivity index (χ2n) is 7.67. The summed E-state index contributed by atoms with van der Waals surface area (Å²) in [5, 5.41) is 4.73. The van der Waals surface area contributed by atoms with Gasteiger partial charge in [-0.15, -0.1) is 0 Å². The molecule has 0 radical (unpaired) electrons. The van der Waals surface area contributed by atoms with Crippen molar-refractivity contribution >= 4 is 16.7 Å². The highest BCUT2D eigenvalue weighted by Gasteiger charge is 2.15. The van der Waals surface area contributed by atoms with Gasteiger partial charge < -0.3 is 10.2 Å². The summed E-state index contributed by atoms with van der Waals surface area (Å²) in [4.78, 5) is 14.7. The molecule has 1 N–H and O–H groups in total. The molecule has 1 aromatic carbocycles. The number of rotatable bonds is 8. The number of likely N-dealkylation sites (tertiary alicyclic amines) is 2. The van der Waals surface area contributed by atoms with Crippen molar-refractivity contribution in [2.75, 3.05) is 44.6 Å².